The lowest BCUT2D eigenvalue weighted by Gasteiger charge is -2.32. The lowest BCUT2D eigenvalue weighted by atomic mass is 10.1. The van der Waals surface area contributed by atoms with Crippen molar-refractivity contribution >= 4 is 0 Å². The van der Waals surface area contributed by atoms with Gasteiger partial charge < -0.3 is 14.2 Å². The van der Waals surface area contributed by atoms with Gasteiger partial charge in [-0.25, -0.2) is 8.78 Å². The zero-order valence-electron chi connectivity index (χ0n) is 14.6. The van der Waals surface area contributed by atoms with E-state index in [9.17, 15) is 8.78 Å². The second-order valence-electron chi connectivity index (χ2n) is 6.35. The third-order valence-corrected chi connectivity index (χ3v) is 4.38. The molecule has 3 nitrogen and oxygen atoms in total. The fraction of sp³-hybridized carbons (Fsp3) is 0.381. The summed E-state index contributed by atoms with van der Waals surface area (Å²) < 4.78 is 43.7. The Kier molecular flexibility index (Phi) is 6.58. The van der Waals surface area contributed by atoms with Crippen LogP contribution < -0.4 is 4.74 Å². The summed E-state index contributed by atoms with van der Waals surface area (Å²) in [5.74, 6) is 0.0446. The van der Waals surface area contributed by atoms with Crippen LogP contribution >= 0.6 is 0 Å². The fourth-order valence-electron chi connectivity index (χ4n) is 2.98. The van der Waals surface area contributed by atoms with Gasteiger partial charge in [0.05, 0.1) is 12.2 Å². The van der Waals surface area contributed by atoms with Crippen LogP contribution in [0, 0.1) is 18.6 Å². The molecule has 26 heavy (non-hydrogen) atoms. The predicted molar refractivity (Wildman–Crippen MR) is 94.6 cm³/mol. The molecule has 1 aliphatic heterocycles. The summed E-state index contributed by atoms with van der Waals surface area (Å²) in [7, 11) is 0. The molecule has 0 spiro atoms. The van der Waals surface area contributed by atoms with Gasteiger partial charge in [0.25, 0.3) is 0 Å². The maximum absolute atomic E-state index is 13.1. The van der Waals surface area contributed by atoms with Crippen LogP contribution in [0.3, 0.4) is 0 Å². The summed E-state index contributed by atoms with van der Waals surface area (Å²) in [5.41, 5.74) is 0.884. The SMILES string of the molecule is [CH2]CC(OC1CCCC(COc2ccc(F)cc2)O1)c1ccc(F)cc1. The first-order chi connectivity index (χ1) is 12.6. The van der Waals surface area contributed by atoms with E-state index >= 15 is 0 Å². The zero-order chi connectivity index (χ0) is 18.4. The van der Waals surface area contributed by atoms with Gasteiger partial charge in [-0.1, -0.05) is 19.1 Å². The van der Waals surface area contributed by atoms with Crippen molar-refractivity contribution in [2.75, 3.05) is 6.61 Å². The average molecular weight is 361 g/mol. The molecule has 0 aromatic heterocycles. The van der Waals surface area contributed by atoms with Crippen LogP contribution in [0.25, 0.3) is 0 Å². The maximum atomic E-state index is 13.1. The molecule has 2 aromatic rings. The minimum Gasteiger partial charge on any atom is -0.491 e. The molecule has 0 aliphatic carbocycles. The van der Waals surface area contributed by atoms with E-state index in [1.807, 2.05) is 0 Å². The molecule has 139 valence electrons. The van der Waals surface area contributed by atoms with E-state index in [0.29, 0.717) is 18.8 Å². The molecule has 0 saturated carbocycles. The molecule has 1 saturated heterocycles. The van der Waals surface area contributed by atoms with Gasteiger partial charge in [0, 0.05) is 0 Å². The summed E-state index contributed by atoms with van der Waals surface area (Å²) in [6, 6.07) is 12.2. The highest BCUT2D eigenvalue weighted by molar-refractivity contribution is 5.22. The van der Waals surface area contributed by atoms with E-state index in [4.69, 9.17) is 14.2 Å². The smallest absolute Gasteiger partial charge is 0.158 e. The molecule has 3 rings (SSSR count). The number of hydrogen-bond acceptors (Lipinski definition) is 3. The first kappa shape index (κ1) is 18.8. The largest absolute Gasteiger partial charge is 0.491 e. The zero-order valence-corrected chi connectivity index (χ0v) is 14.6. The van der Waals surface area contributed by atoms with Crippen molar-refractivity contribution in [3.63, 3.8) is 0 Å². The first-order valence-corrected chi connectivity index (χ1v) is 8.88. The molecule has 1 fully saturated rings. The van der Waals surface area contributed by atoms with Crippen LogP contribution in [0.2, 0.25) is 0 Å². The van der Waals surface area contributed by atoms with Gasteiger partial charge >= 0.3 is 0 Å². The Bertz CT molecular complexity index is 673. The summed E-state index contributed by atoms with van der Waals surface area (Å²) >= 11 is 0. The molecule has 2 aromatic carbocycles. The average Bonchev–Trinajstić information content (AvgIpc) is 2.67. The van der Waals surface area contributed by atoms with Crippen LogP contribution in [-0.2, 0) is 9.47 Å². The Balaban J connectivity index is 1.52. The minimum atomic E-state index is -0.345. The Morgan fingerprint density at radius 3 is 2.31 bits per heavy atom. The number of rotatable bonds is 7. The third kappa shape index (κ3) is 5.26. The quantitative estimate of drug-likeness (QED) is 0.677. The van der Waals surface area contributed by atoms with E-state index in [-0.39, 0.29) is 30.1 Å². The van der Waals surface area contributed by atoms with E-state index in [2.05, 4.69) is 6.92 Å². The summed E-state index contributed by atoms with van der Waals surface area (Å²) in [6.45, 7) is 4.31. The van der Waals surface area contributed by atoms with Crippen molar-refractivity contribution < 1.29 is 23.0 Å². The highest BCUT2D eigenvalue weighted by Gasteiger charge is 2.26. The van der Waals surface area contributed by atoms with Gasteiger partial charge in [-0.15, -0.1) is 0 Å². The third-order valence-electron chi connectivity index (χ3n) is 4.38. The molecule has 0 amide bonds. The molecule has 3 atom stereocenters. The molecule has 0 bridgehead atoms. The van der Waals surface area contributed by atoms with Crippen LogP contribution in [0.4, 0.5) is 8.78 Å². The summed E-state index contributed by atoms with van der Waals surface area (Å²) in [5, 5.41) is 0. The van der Waals surface area contributed by atoms with Gasteiger partial charge in [0.1, 0.15) is 24.0 Å². The highest BCUT2D eigenvalue weighted by atomic mass is 19.1. The number of ether oxygens (including phenoxy) is 3. The van der Waals surface area contributed by atoms with E-state index in [1.54, 1.807) is 24.3 Å². The number of benzene rings is 2. The van der Waals surface area contributed by atoms with Crippen LogP contribution in [0.5, 0.6) is 5.75 Å². The fourth-order valence-corrected chi connectivity index (χ4v) is 2.98. The second kappa shape index (κ2) is 9.10. The van der Waals surface area contributed by atoms with Gasteiger partial charge in [0.2, 0.25) is 0 Å². The molecular weight excluding hydrogens is 338 g/mol. The van der Waals surface area contributed by atoms with Crippen molar-refractivity contribution in [1.29, 1.82) is 0 Å². The Labute approximate surface area is 152 Å². The highest BCUT2D eigenvalue weighted by Crippen LogP contribution is 2.28. The Morgan fingerprint density at radius 1 is 1.00 bits per heavy atom. The monoisotopic (exact) mass is 361 g/mol. The van der Waals surface area contributed by atoms with Crippen molar-refractivity contribution in [2.24, 2.45) is 0 Å². The van der Waals surface area contributed by atoms with Gasteiger partial charge in [-0.3, -0.25) is 0 Å². The maximum Gasteiger partial charge on any atom is 0.158 e. The molecule has 1 heterocycles. The van der Waals surface area contributed by atoms with Gasteiger partial charge in [-0.05, 0) is 67.6 Å². The summed E-state index contributed by atoms with van der Waals surface area (Å²) in [4.78, 5) is 0. The van der Waals surface area contributed by atoms with Gasteiger partial charge in [-0.2, -0.15) is 0 Å². The van der Waals surface area contributed by atoms with E-state index < -0.39 is 0 Å². The molecule has 0 N–H and O–H groups in total. The summed E-state index contributed by atoms with van der Waals surface area (Å²) in [6.07, 6.45) is 2.51. The van der Waals surface area contributed by atoms with Crippen molar-refractivity contribution in [1.82, 2.24) is 0 Å². The lowest BCUT2D eigenvalue weighted by Crippen LogP contribution is -2.34. The standard InChI is InChI=1S/C21H23F2O3/c1-2-20(15-6-8-16(22)9-7-15)26-21-5-3-4-19(25-21)14-24-18-12-10-17(23)11-13-18/h6-13,19-21H,1-5,14H2. The second-order valence-corrected chi connectivity index (χ2v) is 6.35. The van der Waals surface area contributed by atoms with Crippen molar-refractivity contribution in [3.05, 3.63) is 72.7 Å². The molecule has 5 heteroatoms. The van der Waals surface area contributed by atoms with Crippen LogP contribution in [0.1, 0.15) is 37.4 Å². The van der Waals surface area contributed by atoms with Crippen LogP contribution in [-0.4, -0.2) is 19.0 Å². The number of halogens is 2. The van der Waals surface area contributed by atoms with Crippen molar-refractivity contribution in [2.45, 2.75) is 44.2 Å². The lowest BCUT2D eigenvalue weighted by molar-refractivity contribution is -0.220. The molecule has 3 unspecified atom stereocenters. The predicted octanol–water partition coefficient (Wildman–Crippen LogP) is 5.22. The topological polar surface area (TPSA) is 27.7 Å². The van der Waals surface area contributed by atoms with Crippen molar-refractivity contribution in [3.8, 4) is 5.75 Å². The van der Waals surface area contributed by atoms with Gasteiger partial charge in [0.15, 0.2) is 6.29 Å². The van der Waals surface area contributed by atoms with E-state index in [0.717, 1.165) is 24.8 Å². The molecule has 1 aliphatic rings. The van der Waals surface area contributed by atoms with Crippen LogP contribution in [0.15, 0.2) is 48.5 Å². The first-order valence-electron chi connectivity index (χ1n) is 8.88. The molecular formula is C21H23F2O3. The normalized spacial score (nSPS) is 21.3. The van der Waals surface area contributed by atoms with E-state index in [1.165, 1.54) is 24.3 Å². The minimum absolute atomic E-state index is 0.0857. The Hall–Kier alpha value is -1.98. The Morgan fingerprint density at radius 2 is 1.65 bits per heavy atom. The number of hydrogen-bond donors (Lipinski definition) is 0. The molecule has 1 radical (unpaired) electrons.